The minimum absolute atomic E-state index is 0.0514. The van der Waals surface area contributed by atoms with Crippen LogP contribution in [0.4, 0.5) is 4.39 Å². The summed E-state index contributed by atoms with van der Waals surface area (Å²) >= 11 is 5.68. The number of halogens is 2. The van der Waals surface area contributed by atoms with Gasteiger partial charge in [-0.15, -0.1) is 0 Å². The molecule has 0 amide bonds. The molecular formula is C11H12ClFN2O. The maximum Gasteiger partial charge on any atom is 0.141 e. The second-order valence-corrected chi connectivity index (χ2v) is 3.98. The van der Waals surface area contributed by atoms with Gasteiger partial charge in [0.1, 0.15) is 11.7 Å². The molecule has 1 aliphatic heterocycles. The molecule has 5 heteroatoms. The number of hydrogen-bond donors (Lipinski definition) is 1. The molecule has 0 aromatic heterocycles. The predicted molar refractivity (Wildman–Crippen MR) is 60.6 cm³/mol. The fourth-order valence-corrected chi connectivity index (χ4v) is 1.79. The number of benzene rings is 1. The van der Waals surface area contributed by atoms with Crippen molar-refractivity contribution in [2.75, 3.05) is 26.3 Å². The summed E-state index contributed by atoms with van der Waals surface area (Å²) in [4.78, 5) is 1.90. The van der Waals surface area contributed by atoms with E-state index in [0.29, 0.717) is 37.7 Å². The van der Waals surface area contributed by atoms with E-state index in [-0.39, 0.29) is 5.02 Å². The summed E-state index contributed by atoms with van der Waals surface area (Å²) in [6.45, 7) is 2.62. The zero-order valence-electron chi connectivity index (χ0n) is 8.67. The van der Waals surface area contributed by atoms with Crippen LogP contribution < -0.4 is 0 Å². The molecule has 1 aliphatic rings. The van der Waals surface area contributed by atoms with Gasteiger partial charge in [-0.05, 0) is 18.2 Å². The van der Waals surface area contributed by atoms with E-state index in [0.717, 1.165) is 0 Å². The monoisotopic (exact) mass is 242 g/mol. The molecule has 0 radical (unpaired) electrons. The molecule has 1 heterocycles. The Morgan fingerprint density at radius 1 is 1.38 bits per heavy atom. The number of hydrogen-bond acceptors (Lipinski definition) is 2. The van der Waals surface area contributed by atoms with Crippen LogP contribution in [0.1, 0.15) is 5.56 Å². The zero-order chi connectivity index (χ0) is 11.5. The Morgan fingerprint density at radius 2 is 2.06 bits per heavy atom. The number of amidine groups is 1. The second kappa shape index (κ2) is 4.80. The molecule has 0 saturated carbocycles. The molecular weight excluding hydrogens is 231 g/mol. The fourth-order valence-electron chi connectivity index (χ4n) is 1.61. The van der Waals surface area contributed by atoms with E-state index in [1.54, 1.807) is 6.07 Å². The minimum atomic E-state index is -0.458. The molecule has 0 bridgehead atoms. The number of ether oxygens (including phenoxy) is 1. The van der Waals surface area contributed by atoms with E-state index in [4.69, 9.17) is 21.7 Å². The Hall–Kier alpha value is -1.13. The highest BCUT2D eigenvalue weighted by atomic mass is 35.5. The van der Waals surface area contributed by atoms with Crippen molar-refractivity contribution in [2.24, 2.45) is 0 Å². The van der Waals surface area contributed by atoms with Gasteiger partial charge in [0.05, 0.1) is 18.2 Å². The predicted octanol–water partition coefficient (Wildman–Crippen LogP) is 2.14. The summed E-state index contributed by atoms with van der Waals surface area (Å²) in [7, 11) is 0. The van der Waals surface area contributed by atoms with Crippen molar-refractivity contribution in [3.63, 3.8) is 0 Å². The van der Waals surface area contributed by atoms with E-state index in [2.05, 4.69) is 0 Å². The average Bonchev–Trinajstić information content (AvgIpc) is 2.33. The lowest BCUT2D eigenvalue weighted by atomic mass is 10.2. The zero-order valence-corrected chi connectivity index (χ0v) is 9.43. The van der Waals surface area contributed by atoms with Crippen LogP contribution in [0.25, 0.3) is 0 Å². The first-order valence-corrected chi connectivity index (χ1v) is 5.43. The smallest absolute Gasteiger partial charge is 0.141 e. The van der Waals surface area contributed by atoms with Crippen LogP contribution in [0.15, 0.2) is 18.2 Å². The van der Waals surface area contributed by atoms with Gasteiger partial charge in [0.15, 0.2) is 0 Å². The van der Waals surface area contributed by atoms with Gasteiger partial charge in [0.25, 0.3) is 0 Å². The molecule has 1 saturated heterocycles. The summed E-state index contributed by atoms with van der Waals surface area (Å²) in [5, 5.41) is 8.03. The molecule has 1 fully saturated rings. The van der Waals surface area contributed by atoms with Crippen LogP contribution >= 0.6 is 11.6 Å². The van der Waals surface area contributed by atoms with Crippen molar-refractivity contribution in [3.8, 4) is 0 Å². The van der Waals surface area contributed by atoms with Crippen molar-refractivity contribution in [3.05, 3.63) is 34.6 Å². The molecule has 1 N–H and O–H groups in total. The fraction of sp³-hybridized carbons (Fsp3) is 0.364. The second-order valence-electron chi connectivity index (χ2n) is 3.58. The first-order chi connectivity index (χ1) is 7.68. The van der Waals surface area contributed by atoms with Crippen molar-refractivity contribution in [1.82, 2.24) is 4.90 Å². The summed E-state index contributed by atoms with van der Waals surface area (Å²) < 4.78 is 18.2. The lowest BCUT2D eigenvalue weighted by molar-refractivity contribution is 0.0680. The molecule has 86 valence electrons. The maximum absolute atomic E-state index is 13.0. The quantitative estimate of drug-likeness (QED) is 0.605. The number of rotatable bonds is 1. The van der Waals surface area contributed by atoms with Gasteiger partial charge < -0.3 is 9.64 Å². The van der Waals surface area contributed by atoms with Crippen LogP contribution in [0.5, 0.6) is 0 Å². The molecule has 16 heavy (non-hydrogen) atoms. The Balaban J connectivity index is 2.16. The average molecular weight is 243 g/mol. The minimum Gasteiger partial charge on any atom is -0.378 e. The Labute approximate surface area is 98.3 Å². The van der Waals surface area contributed by atoms with Crippen LogP contribution in [0, 0.1) is 11.2 Å². The van der Waals surface area contributed by atoms with E-state index in [1.165, 1.54) is 12.1 Å². The Morgan fingerprint density at radius 3 is 2.69 bits per heavy atom. The highest BCUT2D eigenvalue weighted by molar-refractivity contribution is 6.31. The Kier molecular flexibility index (Phi) is 3.41. The van der Waals surface area contributed by atoms with E-state index in [1.807, 2.05) is 4.90 Å². The summed E-state index contributed by atoms with van der Waals surface area (Å²) in [5.74, 6) is -0.0922. The lowest BCUT2D eigenvalue weighted by Gasteiger charge is -2.29. The van der Waals surface area contributed by atoms with Crippen LogP contribution in [-0.2, 0) is 4.74 Å². The molecule has 1 aromatic carbocycles. The first kappa shape index (κ1) is 11.4. The third-order valence-electron chi connectivity index (χ3n) is 2.52. The van der Waals surface area contributed by atoms with Gasteiger partial charge in [-0.3, -0.25) is 5.41 Å². The number of morpholine rings is 1. The van der Waals surface area contributed by atoms with Gasteiger partial charge in [-0.25, -0.2) is 4.39 Å². The highest BCUT2D eigenvalue weighted by Gasteiger charge is 2.15. The topological polar surface area (TPSA) is 36.3 Å². The van der Waals surface area contributed by atoms with E-state index >= 15 is 0 Å². The molecule has 2 rings (SSSR count). The van der Waals surface area contributed by atoms with Crippen LogP contribution in [-0.4, -0.2) is 37.0 Å². The molecule has 3 nitrogen and oxygen atoms in total. The van der Waals surface area contributed by atoms with Crippen molar-refractivity contribution >= 4 is 17.4 Å². The third-order valence-corrected chi connectivity index (χ3v) is 2.81. The van der Waals surface area contributed by atoms with Gasteiger partial charge in [-0.1, -0.05) is 11.6 Å². The van der Waals surface area contributed by atoms with Crippen molar-refractivity contribution in [1.29, 1.82) is 5.41 Å². The van der Waals surface area contributed by atoms with Gasteiger partial charge in [0, 0.05) is 18.7 Å². The third kappa shape index (κ3) is 2.33. The lowest BCUT2D eigenvalue weighted by Crippen LogP contribution is -2.40. The van der Waals surface area contributed by atoms with Gasteiger partial charge >= 0.3 is 0 Å². The van der Waals surface area contributed by atoms with E-state index < -0.39 is 5.82 Å². The normalized spacial score (nSPS) is 16.2. The van der Waals surface area contributed by atoms with Gasteiger partial charge in [-0.2, -0.15) is 0 Å². The van der Waals surface area contributed by atoms with Crippen LogP contribution in [0.3, 0.4) is 0 Å². The molecule has 0 spiro atoms. The summed E-state index contributed by atoms with van der Waals surface area (Å²) in [6.07, 6.45) is 0. The maximum atomic E-state index is 13.0. The van der Waals surface area contributed by atoms with Crippen LogP contribution in [0.2, 0.25) is 5.02 Å². The molecule has 0 unspecified atom stereocenters. The molecule has 0 atom stereocenters. The number of nitrogens with zero attached hydrogens (tertiary/aromatic N) is 1. The Bertz CT molecular complexity index is 405. The standard InChI is InChI=1S/C11H12ClFN2O/c12-9-7-8(1-2-10(9)13)11(14)15-3-5-16-6-4-15/h1-2,7,14H,3-6H2. The van der Waals surface area contributed by atoms with Gasteiger partial charge in [0.2, 0.25) is 0 Å². The summed E-state index contributed by atoms with van der Waals surface area (Å²) in [5.41, 5.74) is 0.633. The van der Waals surface area contributed by atoms with Crippen molar-refractivity contribution < 1.29 is 9.13 Å². The first-order valence-electron chi connectivity index (χ1n) is 5.05. The van der Waals surface area contributed by atoms with Crippen molar-refractivity contribution in [2.45, 2.75) is 0 Å². The molecule has 0 aliphatic carbocycles. The number of nitrogens with one attached hydrogen (secondary N) is 1. The largest absolute Gasteiger partial charge is 0.378 e. The summed E-state index contributed by atoms with van der Waals surface area (Å²) in [6, 6.07) is 4.33. The van der Waals surface area contributed by atoms with E-state index in [9.17, 15) is 4.39 Å². The SMILES string of the molecule is N=C(c1ccc(F)c(Cl)c1)N1CCOCC1. The molecule has 1 aromatic rings. The highest BCUT2D eigenvalue weighted by Crippen LogP contribution is 2.17.